The van der Waals surface area contributed by atoms with Crippen molar-refractivity contribution in [1.29, 1.82) is 0 Å². The highest BCUT2D eigenvalue weighted by molar-refractivity contribution is 7.17. The van der Waals surface area contributed by atoms with Crippen LogP contribution in [0.4, 0.5) is 5.69 Å². The third-order valence-corrected chi connectivity index (χ3v) is 3.63. The van der Waals surface area contributed by atoms with Crippen LogP contribution in [0.25, 0.3) is 10.1 Å². The van der Waals surface area contributed by atoms with Crippen molar-refractivity contribution in [1.82, 2.24) is 0 Å². The molecule has 2 rings (SSSR count). The third kappa shape index (κ3) is 2.19. The molecule has 1 atom stereocenters. The van der Waals surface area contributed by atoms with E-state index in [1.54, 1.807) is 11.3 Å². The van der Waals surface area contributed by atoms with Crippen LogP contribution < -0.4 is 16.4 Å². The fourth-order valence-electron chi connectivity index (χ4n) is 1.78. The summed E-state index contributed by atoms with van der Waals surface area (Å²) in [6.45, 7) is 1.31. The van der Waals surface area contributed by atoms with Gasteiger partial charge < -0.3 is 16.4 Å². The summed E-state index contributed by atoms with van der Waals surface area (Å²) >= 11 is 1.76. The quantitative estimate of drug-likeness (QED) is 0.846. The lowest BCUT2D eigenvalue weighted by molar-refractivity contribution is 0.669. The first-order valence-corrected chi connectivity index (χ1v) is 6.23. The topological polar surface area (TPSA) is 55.3 Å². The number of anilines is 1. The molecule has 0 bridgehead atoms. The number of hydrogen-bond acceptors (Lipinski definition) is 4. The van der Waals surface area contributed by atoms with Gasteiger partial charge >= 0.3 is 0 Å². The first-order chi connectivity index (χ1) is 7.72. The zero-order valence-corrected chi connectivity index (χ0v) is 10.2. The van der Waals surface area contributed by atoms with Crippen molar-refractivity contribution in [3.05, 3.63) is 29.6 Å². The van der Waals surface area contributed by atoms with Gasteiger partial charge in [0.25, 0.3) is 0 Å². The van der Waals surface area contributed by atoms with Gasteiger partial charge in [-0.15, -0.1) is 11.3 Å². The van der Waals surface area contributed by atoms with E-state index in [1.807, 2.05) is 0 Å². The van der Waals surface area contributed by atoms with Crippen LogP contribution >= 0.6 is 11.3 Å². The predicted molar refractivity (Wildman–Crippen MR) is 72.1 cm³/mol. The number of likely N-dealkylation sites (N-methyl/N-ethyl adjacent to an activating group) is 1. The van der Waals surface area contributed by atoms with E-state index >= 15 is 0 Å². The molecule has 1 aromatic carbocycles. The number of rotatable bonds is 4. The standard InChI is InChI=1S/C12H17N3S/c1-15(7-9(14)6-13)11-8-16-12-5-3-2-4-10(11)12/h2-5,8-9H,6-7,13-14H2,1H3. The molecule has 0 saturated heterocycles. The number of thiophene rings is 1. The van der Waals surface area contributed by atoms with Crippen LogP contribution in [0.1, 0.15) is 0 Å². The highest BCUT2D eigenvalue weighted by atomic mass is 32.1. The summed E-state index contributed by atoms with van der Waals surface area (Å²) in [7, 11) is 2.06. The van der Waals surface area contributed by atoms with E-state index in [4.69, 9.17) is 11.5 Å². The van der Waals surface area contributed by atoms with Crippen molar-refractivity contribution >= 4 is 27.1 Å². The smallest absolute Gasteiger partial charge is 0.0552 e. The second-order valence-electron chi connectivity index (χ2n) is 3.99. The van der Waals surface area contributed by atoms with Gasteiger partial charge in [-0.2, -0.15) is 0 Å². The fraction of sp³-hybridized carbons (Fsp3) is 0.333. The Kier molecular flexibility index (Phi) is 3.43. The Hall–Kier alpha value is -1.10. The average molecular weight is 235 g/mol. The van der Waals surface area contributed by atoms with E-state index < -0.39 is 0 Å². The summed E-state index contributed by atoms with van der Waals surface area (Å²) in [6.07, 6.45) is 0. The van der Waals surface area contributed by atoms with E-state index in [1.165, 1.54) is 15.8 Å². The summed E-state index contributed by atoms with van der Waals surface area (Å²) in [5.41, 5.74) is 12.6. The molecule has 0 aliphatic rings. The number of benzene rings is 1. The molecule has 0 spiro atoms. The minimum atomic E-state index is 0.0312. The highest BCUT2D eigenvalue weighted by Crippen LogP contribution is 2.31. The summed E-state index contributed by atoms with van der Waals surface area (Å²) in [5, 5.41) is 3.47. The van der Waals surface area contributed by atoms with Crippen molar-refractivity contribution in [2.75, 3.05) is 25.0 Å². The molecule has 2 aromatic rings. The average Bonchev–Trinajstić information content (AvgIpc) is 2.72. The second kappa shape index (κ2) is 4.82. The molecule has 0 aliphatic carbocycles. The largest absolute Gasteiger partial charge is 0.372 e. The van der Waals surface area contributed by atoms with Gasteiger partial charge in [0, 0.05) is 41.6 Å². The van der Waals surface area contributed by atoms with Crippen LogP contribution in [0.2, 0.25) is 0 Å². The van der Waals surface area contributed by atoms with Crippen molar-refractivity contribution < 1.29 is 0 Å². The van der Waals surface area contributed by atoms with Crippen LogP contribution in [0.3, 0.4) is 0 Å². The molecule has 0 fully saturated rings. The summed E-state index contributed by atoms with van der Waals surface area (Å²) in [4.78, 5) is 2.18. The van der Waals surface area contributed by atoms with Crippen molar-refractivity contribution in [2.24, 2.45) is 11.5 Å². The maximum absolute atomic E-state index is 5.86. The zero-order chi connectivity index (χ0) is 11.5. The Morgan fingerprint density at radius 1 is 1.38 bits per heavy atom. The Morgan fingerprint density at radius 2 is 2.12 bits per heavy atom. The molecule has 1 unspecified atom stereocenters. The molecule has 1 heterocycles. The Labute approximate surface area is 99.7 Å². The zero-order valence-electron chi connectivity index (χ0n) is 9.39. The number of nitrogens with zero attached hydrogens (tertiary/aromatic N) is 1. The Morgan fingerprint density at radius 3 is 2.88 bits per heavy atom. The van der Waals surface area contributed by atoms with Gasteiger partial charge in [-0.05, 0) is 6.07 Å². The van der Waals surface area contributed by atoms with Crippen molar-refractivity contribution in [2.45, 2.75) is 6.04 Å². The van der Waals surface area contributed by atoms with Gasteiger partial charge in [0.05, 0.1) is 5.69 Å². The normalized spacial score (nSPS) is 12.9. The minimum absolute atomic E-state index is 0.0312. The van der Waals surface area contributed by atoms with Crippen LogP contribution in [0.15, 0.2) is 29.6 Å². The van der Waals surface area contributed by atoms with Crippen LogP contribution in [-0.4, -0.2) is 26.2 Å². The molecule has 0 aliphatic heterocycles. The number of fused-ring (bicyclic) bond motifs is 1. The van der Waals surface area contributed by atoms with Crippen LogP contribution in [0.5, 0.6) is 0 Å². The number of hydrogen-bond donors (Lipinski definition) is 2. The van der Waals surface area contributed by atoms with Crippen molar-refractivity contribution in [3.8, 4) is 0 Å². The molecular formula is C12H17N3S. The van der Waals surface area contributed by atoms with E-state index in [-0.39, 0.29) is 6.04 Å². The summed E-state index contributed by atoms with van der Waals surface area (Å²) in [6, 6.07) is 8.44. The van der Waals surface area contributed by atoms with E-state index in [9.17, 15) is 0 Å². The summed E-state index contributed by atoms with van der Waals surface area (Å²) in [5.74, 6) is 0. The lowest BCUT2D eigenvalue weighted by Gasteiger charge is -2.21. The number of nitrogens with two attached hydrogens (primary N) is 2. The maximum Gasteiger partial charge on any atom is 0.0552 e. The first-order valence-electron chi connectivity index (χ1n) is 5.35. The molecule has 0 radical (unpaired) electrons. The first kappa shape index (κ1) is 11.4. The molecule has 86 valence electrons. The van der Waals surface area contributed by atoms with Crippen LogP contribution in [0, 0.1) is 0 Å². The van der Waals surface area contributed by atoms with Crippen LogP contribution in [-0.2, 0) is 0 Å². The molecule has 3 nitrogen and oxygen atoms in total. The Balaban J connectivity index is 2.26. The molecule has 0 amide bonds. The third-order valence-electron chi connectivity index (χ3n) is 2.68. The van der Waals surface area contributed by atoms with Gasteiger partial charge in [0.2, 0.25) is 0 Å². The van der Waals surface area contributed by atoms with E-state index in [0.717, 1.165) is 6.54 Å². The molecule has 1 aromatic heterocycles. The fourth-order valence-corrected chi connectivity index (χ4v) is 2.79. The van der Waals surface area contributed by atoms with Gasteiger partial charge in [-0.1, -0.05) is 18.2 Å². The molecule has 4 heteroatoms. The lowest BCUT2D eigenvalue weighted by atomic mass is 10.2. The van der Waals surface area contributed by atoms with Crippen molar-refractivity contribution in [3.63, 3.8) is 0 Å². The summed E-state index contributed by atoms with van der Waals surface area (Å²) < 4.78 is 1.31. The maximum atomic E-state index is 5.86. The highest BCUT2D eigenvalue weighted by Gasteiger charge is 2.10. The van der Waals surface area contributed by atoms with E-state index in [0.29, 0.717) is 6.54 Å². The molecule has 4 N–H and O–H groups in total. The molecule has 0 saturated carbocycles. The Bertz CT molecular complexity index is 466. The van der Waals surface area contributed by atoms with E-state index in [2.05, 4.69) is 41.6 Å². The monoisotopic (exact) mass is 235 g/mol. The van der Waals surface area contributed by atoms with Gasteiger partial charge in [0.1, 0.15) is 0 Å². The molecule has 16 heavy (non-hydrogen) atoms. The molecular weight excluding hydrogens is 218 g/mol. The predicted octanol–water partition coefficient (Wildman–Crippen LogP) is 1.62. The van der Waals surface area contributed by atoms with Gasteiger partial charge in [-0.25, -0.2) is 0 Å². The SMILES string of the molecule is CN(CC(N)CN)c1csc2ccccc12. The second-order valence-corrected chi connectivity index (χ2v) is 4.90. The minimum Gasteiger partial charge on any atom is -0.372 e. The van der Waals surface area contributed by atoms with Gasteiger partial charge in [-0.3, -0.25) is 0 Å². The van der Waals surface area contributed by atoms with Gasteiger partial charge in [0.15, 0.2) is 0 Å². The lowest BCUT2D eigenvalue weighted by Crippen LogP contribution is -2.40.